The van der Waals surface area contributed by atoms with Crippen molar-refractivity contribution in [2.75, 3.05) is 28.4 Å². The molecule has 5 aliphatic rings. The SMILES string of the molecule is C=C(C)[C@@H]1CC[C@]2(C(=O)N[C@@H](CCC(=O)OC)C(=O)OC)CC[C@]3(C)[C@H](CC[C@@H]4[C@@]5(C)CC[C@@H](OC(C)=O)[C@@](C)(C(=O)N[C@@H](CCC(=O)OC)C(=O)OC)[C@@H]5CC[C@]43C)[C@@H]12. The van der Waals surface area contributed by atoms with Crippen LogP contribution in [0.4, 0.5) is 0 Å². The third-order valence-electron chi connectivity index (χ3n) is 17.2. The molecule has 0 aromatic heterocycles. The molecule has 0 aromatic rings. The van der Waals surface area contributed by atoms with Crippen molar-refractivity contribution in [2.24, 2.45) is 56.7 Å². The van der Waals surface area contributed by atoms with E-state index in [1.54, 1.807) is 0 Å². The molecule has 60 heavy (non-hydrogen) atoms. The van der Waals surface area contributed by atoms with Gasteiger partial charge in [-0.3, -0.25) is 24.0 Å². The van der Waals surface area contributed by atoms with Crippen LogP contribution < -0.4 is 10.6 Å². The number of rotatable bonds is 14. The lowest BCUT2D eigenvalue weighted by Crippen LogP contribution is -2.69. The molecule has 5 rings (SSSR count). The molecule has 5 fully saturated rings. The lowest BCUT2D eigenvalue weighted by atomic mass is 9.32. The highest BCUT2D eigenvalue weighted by atomic mass is 16.5. The molecule has 0 spiro atoms. The molecule has 0 aliphatic heterocycles. The highest BCUT2D eigenvalue weighted by Crippen LogP contribution is 2.77. The van der Waals surface area contributed by atoms with E-state index in [9.17, 15) is 33.6 Å². The van der Waals surface area contributed by atoms with Gasteiger partial charge in [-0.2, -0.15) is 0 Å². The van der Waals surface area contributed by atoms with Gasteiger partial charge < -0.3 is 34.3 Å². The van der Waals surface area contributed by atoms with Gasteiger partial charge in [-0.1, -0.05) is 32.9 Å². The summed E-state index contributed by atoms with van der Waals surface area (Å²) in [5.74, 6) is -3.04. The van der Waals surface area contributed by atoms with Crippen LogP contribution >= 0.6 is 0 Å². The second-order valence-corrected chi connectivity index (χ2v) is 19.6. The van der Waals surface area contributed by atoms with Crippen LogP contribution in [0.15, 0.2) is 12.2 Å². The van der Waals surface area contributed by atoms with E-state index >= 15 is 0 Å². The van der Waals surface area contributed by atoms with Gasteiger partial charge in [-0.05, 0) is 137 Å². The Labute approximate surface area is 355 Å². The van der Waals surface area contributed by atoms with E-state index in [1.165, 1.54) is 35.4 Å². The molecule has 0 unspecified atom stereocenters. The predicted octanol–water partition coefficient (Wildman–Crippen LogP) is 5.78. The van der Waals surface area contributed by atoms with Crippen molar-refractivity contribution in [3.05, 3.63) is 12.2 Å². The number of esters is 5. The van der Waals surface area contributed by atoms with Crippen molar-refractivity contribution < 1.29 is 57.2 Å². The van der Waals surface area contributed by atoms with Crippen molar-refractivity contribution in [3.63, 3.8) is 0 Å². The second kappa shape index (κ2) is 17.8. The fraction of sp³-hybridized carbons (Fsp3) is 0.804. The van der Waals surface area contributed by atoms with Gasteiger partial charge in [-0.25, -0.2) is 9.59 Å². The number of methoxy groups -OCH3 is 4. The van der Waals surface area contributed by atoms with Crippen LogP contribution in [-0.2, 0) is 57.2 Å². The Kier molecular flexibility index (Phi) is 14.0. The number of ether oxygens (including phenoxy) is 5. The molecule has 5 saturated carbocycles. The molecule has 5 aliphatic carbocycles. The summed E-state index contributed by atoms with van der Waals surface area (Å²) in [6, 6.07) is -2.09. The summed E-state index contributed by atoms with van der Waals surface area (Å²) in [6.07, 6.45) is 6.60. The van der Waals surface area contributed by atoms with Crippen molar-refractivity contribution in [2.45, 2.75) is 150 Å². The van der Waals surface area contributed by atoms with Crippen LogP contribution in [0, 0.1) is 56.7 Å². The molecule has 0 radical (unpaired) electrons. The van der Waals surface area contributed by atoms with Crippen LogP contribution in [0.5, 0.6) is 0 Å². The van der Waals surface area contributed by atoms with Gasteiger partial charge in [-0.15, -0.1) is 0 Å². The maximum Gasteiger partial charge on any atom is 0.328 e. The van der Waals surface area contributed by atoms with Gasteiger partial charge in [0.2, 0.25) is 11.8 Å². The zero-order chi connectivity index (χ0) is 44.6. The molecule has 0 saturated heterocycles. The van der Waals surface area contributed by atoms with Crippen molar-refractivity contribution in [3.8, 4) is 0 Å². The van der Waals surface area contributed by atoms with Gasteiger partial charge >= 0.3 is 29.8 Å². The molecule has 14 heteroatoms. The summed E-state index contributed by atoms with van der Waals surface area (Å²) in [5, 5.41) is 5.99. The predicted molar refractivity (Wildman–Crippen MR) is 219 cm³/mol. The zero-order valence-electron chi connectivity index (χ0n) is 37.6. The molecule has 14 nitrogen and oxygen atoms in total. The zero-order valence-corrected chi connectivity index (χ0v) is 37.6. The number of carbonyl (C=O) groups excluding carboxylic acids is 7. The van der Waals surface area contributed by atoms with E-state index in [0.29, 0.717) is 25.7 Å². The summed E-state index contributed by atoms with van der Waals surface area (Å²) in [5.41, 5.74) is -1.58. The van der Waals surface area contributed by atoms with Crippen LogP contribution in [0.2, 0.25) is 0 Å². The van der Waals surface area contributed by atoms with Crippen LogP contribution in [0.3, 0.4) is 0 Å². The van der Waals surface area contributed by atoms with E-state index in [2.05, 4.69) is 44.9 Å². The summed E-state index contributed by atoms with van der Waals surface area (Å²) in [7, 11) is 5.06. The first-order valence-electron chi connectivity index (χ1n) is 21.9. The van der Waals surface area contributed by atoms with E-state index in [-0.39, 0.29) is 77.4 Å². The van der Waals surface area contributed by atoms with E-state index in [4.69, 9.17) is 23.7 Å². The lowest BCUT2D eigenvalue weighted by molar-refractivity contribution is -0.249. The molecule has 336 valence electrons. The third-order valence-corrected chi connectivity index (χ3v) is 17.2. The highest BCUT2D eigenvalue weighted by molar-refractivity contribution is 5.90. The maximum atomic E-state index is 14.8. The first-order valence-corrected chi connectivity index (χ1v) is 21.9. The largest absolute Gasteiger partial charge is 0.469 e. The fourth-order valence-electron chi connectivity index (χ4n) is 14.0. The van der Waals surface area contributed by atoms with Gasteiger partial charge in [0, 0.05) is 19.8 Å². The van der Waals surface area contributed by atoms with E-state index < -0.39 is 64.8 Å². The second-order valence-electron chi connectivity index (χ2n) is 19.6. The first-order chi connectivity index (χ1) is 28.1. The summed E-state index contributed by atoms with van der Waals surface area (Å²) in [6.45, 7) is 16.9. The van der Waals surface area contributed by atoms with Crippen LogP contribution in [0.25, 0.3) is 0 Å². The number of nitrogens with one attached hydrogen (secondary N) is 2. The molecule has 0 bridgehead atoms. The Morgan fingerprint density at radius 2 is 1.20 bits per heavy atom. The van der Waals surface area contributed by atoms with Crippen molar-refractivity contribution in [1.29, 1.82) is 0 Å². The molecule has 2 amide bonds. The maximum absolute atomic E-state index is 14.8. The highest BCUT2D eigenvalue weighted by Gasteiger charge is 2.73. The molecule has 0 heterocycles. The van der Waals surface area contributed by atoms with Gasteiger partial charge in [0.05, 0.1) is 39.3 Å². The van der Waals surface area contributed by atoms with E-state index in [0.717, 1.165) is 44.1 Å². The number of amides is 2. The lowest BCUT2D eigenvalue weighted by Gasteiger charge is -2.72. The van der Waals surface area contributed by atoms with Gasteiger partial charge in [0.25, 0.3) is 0 Å². The molecule has 13 atom stereocenters. The Morgan fingerprint density at radius 3 is 1.72 bits per heavy atom. The van der Waals surface area contributed by atoms with Gasteiger partial charge in [0.1, 0.15) is 18.2 Å². The molecular weight excluding hydrogens is 773 g/mol. The summed E-state index contributed by atoms with van der Waals surface area (Å²) in [4.78, 5) is 92.2. The number of allylic oxidation sites excluding steroid dienone is 1. The Bertz CT molecular complexity index is 1730. The van der Waals surface area contributed by atoms with Crippen LogP contribution in [0.1, 0.15) is 131 Å². The van der Waals surface area contributed by atoms with E-state index in [1.807, 2.05) is 6.92 Å². The minimum Gasteiger partial charge on any atom is -0.469 e. The average Bonchev–Trinajstić information content (AvgIpc) is 3.62. The molecular formula is C46H70N2O12. The summed E-state index contributed by atoms with van der Waals surface area (Å²) >= 11 is 0. The Morgan fingerprint density at radius 1 is 0.633 bits per heavy atom. The summed E-state index contributed by atoms with van der Waals surface area (Å²) < 4.78 is 25.7. The quantitative estimate of drug-likeness (QED) is 0.122. The third kappa shape index (κ3) is 7.86. The molecule has 0 aromatic carbocycles. The monoisotopic (exact) mass is 842 g/mol. The van der Waals surface area contributed by atoms with Crippen LogP contribution in [-0.4, -0.2) is 88.3 Å². The number of carbonyl (C=O) groups is 7. The molecule has 2 N–H and O–H groups in total. The fourth-order valence-corrected chi connectivity index (χ4v) is 14.0. The minimum atomic E-state index is -1.20. The normalized spacial score (nSPS) is 37.5. The average molecular weight is 843 g/mol. The standard InChI is InChI=1S/C46H70N2O12/c1-26(2)28-18-23-46(41(55)48-31(39(53)59-11)14-17-36(51)57-9)25-24-43(5)29(37(28)46)12-15-32-42(4)21-20-34(60-27(3)49)45(7,33(42)19-22-44(32,43)6)40(54)47-30(38(52)58-10)13-16-35(50)56-8/h28-34,37H,1,12-25H2,2-11H3,(H,47,54)(H,48,55)/t28-,29+,30-,31-,32+,33+,34+,37+,42+,43+,44+,45-,46-/m0/s1. The van der Waals surface area contributed by atoms with Crippen molar-refractivity contribution in [1.82, 2.24) is 10.6 Å². The minimum absolute atomic E-state index is 0.00745. The number of hydrogen-bond acceptors (Lipinski definition) is 12. The number of fused-ring (bicyclic) bond motifs is 7. The Hall–Kier alpha value is -3.97. The van der Waals surface area contributed by atoms with Gasteiger partial charge in [0.15, 0.2) is 0 Å². The Balaban J connectivity index is 1.49. The smallest absolute Gasteiger partial charge is 0.328 e. The topological polar surface area (TPSA) is 190 Å². The van der Waals surface area contributed by atoms with Crippen molar-refractivity contribution >= 4 is 41.7 Å². The number of hydrogen-bond donors (Lipinski definition) is 2. The first kappa shape index (κ1) is 47.1.